The van der Waals surface area contributed by atoms with Gasteiger partial charge in [0.15, 0.2) is 0 Å². The number of aromatic nitrogens is 2. The van der Waals surface area contributed by atoms with Crippen LogP contribution in [0.5, 0.6) is 0 Å². The van der Waals surface area contributed by atoms with E-state index in [0.717, 1.165) is 0 Å². The first-order valence-electron chi connectivity index (χ1n) is 4.85. The molecule has 0 saturated heterocycles. The molecule has 0 aliphatic rings. The molecule has 1 amide bonds. The summed E-state index contributed by atoms with van der Waals surface area (Å²) in [5, 5.41) is 6.92. The molecule has 0 aliphatic heterocycles. The van der Waals surface area contributed by atoms with Crippen molar-refractivity contribution in [1.82, 2.24) is 15.1 Å². The van der Waals surface area contributed by atoms with Gasteiger partial charge in [-0.1, -0.05) is 0 Å². The molecule has 1 N–H and O–H groups in total. The van der Waals surface area contributed by atoms with E-state index in [-0.39, 0.29) is 18.0 Å². The van der Waals surface area contributed by atoms with E-state index in [2.05, 4.69) is 10.4 Å². The molecule has 0 aromatic carbocycles. The van der Waals surface area contributed by atoms with E-state index >= 15 is 0 Å². The predicted molar refractivity (Wildman–Crippen MR) is 55.2 cm³/mol. The van der Waals surface area contributed by atoms with Crippen molar-refractivity contribution in [1.29, 1.82) is 0 Å². The van der Waals surface area contributed by atoms with Crippen molar-refractivity contribution in [3.63, 3.8) is 0 Å². The first-order valence-corrected chi connectivity index (χ1v) is 4.85. The van der Waals surface area contributed by atoms with Gasteiger partial charge in [0.25, 0.3) is 5.91 Å². The van der Waals surface area contributed by atoms with Crippen molar-refractivity contribution in [3.05, 3.63) is 18.0 Å². The molecular formula is C10H17N3O. The molecule has 78 valence electrons. The normalized spacial score (nSPS) is 11.0. The summed E-state index contributed by atoms with van der Waals surface area (Å²) in [5.74, 6) is -0.0631. The van der Waals surface area contributed by atoms with Crippen LogP contribution in [0.3, 0.4) is 0 Å². The summed E-state index contributed by atoms with van der Waals surface area (Å²) in [7, 11) is 0. The van der Waals surface area contributed by atoms with Crippen molar-refractivity contribution in [2.75, 3.05) is 0 Å². The van der Waals surface area contributed by atoms with E-state index in [1.165, 1.54) is 0 Å². The minimum atomic E-state index is -0.0631. The van der Waals surface area contributed by atoms with Crippen LogP contribution in [0.2, 0.25) is 0 Å². The van der Waals surface area contributed by atoms with Gasteiger partial charge in [-0.3, -0.25) is 9.48 Å². The highest BCUT2D eigenvalue weighted by molar-refractivity contribution is 5.93. The maximum atomic E-state index is 11.5. The molecule has 1 rings (SSSR count). The second-order valence-corrected chi connectivity index (χ2v) is 3.93. The fourth-order valence-electron chi connectivity index (χ4n) is 1.08. The summed E-state index contributed by atoms with van der Waals surface area (Å²) in [5.41, 5.74) is 0.618. The maximum absolute atomic E-state index is 11.5. The lowest BCUT2D eigenvalue weighted by Gasteiger charge is -2.06. The molecule has 4 heteroatoms. The Kier molecular flexibility index (Phi) is 3.28. The first kappa shape index (κ1) is 10.8. The summed E-state index contributed by atoms with van der Waals surface area (Å²) in [6.07, 6.45) is 3.36. The Labute approximate surface area is 84.3 Å². The second-order valence-electron chi connectivity index (χ2n) is 3.93. The summed E-state index contributed by atoms with van der Waals surface area (Å²) >= 11 is 0. The number of carbonyl (C=O) groups excluding carboxylic acids is 1. The molecule has 0 aliphatic carbocycles. The van der Waals surface area contributed by atoms with Gasteiger partial charge < -0.3 is 5.32 Å². The van der Waals surface area contributed by atoms with Crippen LogP contribution in [-0.2, 0) is 0 Å². The van der Waals surface area contributed by atoms with Gasteiger partial charge in [0.1, 0.15) is 0 Å². The third-order valence-electron chi connectivity index (χ3n) is 1.81. The van der Waals surface area contributed by atoms with Gasteiger partial charge in [-0.25, -0.2) is 0 Å². The highest BCUT2D eigenvalue weighted by atomic mass is 16.1. The van der Waals surface area contributed by atoms with E-state index in [4.69, 9.17) is 0 Å². The molecule has 1 aromatic rings. The summed E-state index contributed by atoms with van der Waals surface area (Å²) in [4.78, 5) is 11.5. The average Bonchev–Trinajstić information content (AvgIpc) is 2.50. The first-order chi connectivity index (χ1) is 6.50. The van der Waals surface area contributed by atoms with Gasteiger partial charge in [-0.2, -0.15) is 5.10 Å². The van der Waals surface area contributed by atoms with Gasteiger partial charge in [-0.05, 0) is 27.7 Å². The quantitative estimate of drug-likeness (QED) is 0.796. The molecule has 14 heavy (non-hydrogen) atoms. The number of hydrogen-bond acceptors (Lipinski definition) is 2. The zero-order valence-corrected chi connectivity index (χ0v) is 9.11. The van der Waals surface area contributed by atoms with E-state index < -0.39 is 0 Å². The van der Waals surface area contributed by atoms with Crippen molar-refractivity contribution < 1.29 is 4.79 Å². The Morgan fingerprint density at radius 2 is 2.07 bits per heavy atom. The molecule has 0 bridgehead atoms. The maximum Gasteiger partial charge on any atom is 0.254 e. The van der Waals surface area contributed by atoms with Crippen LogP contribution in [-0.4, -0.2) is 21.7 Å². The van der Waals surface area contributed by atoms with E-state index in [9.17, 15) is 4.79 Å². The second kappa shape index (κ2) is 4.26. The van der Waals surface area contributed by atoms with Gasteiger partial charge >= 0.3 is 0 Å². The van der Waals surface area contributed by atoms with E-state index in [1.54, 1.807) is 17.1 Å². The van der Waals surface area contributed by atoms with Crippen LogP contribution in [0.25, 0.3) is 0 Å². The summed E-state index contributed by atoms with van der Waals surface area (Å²) in [6, 6.07) is 0.445. The lowest BCUT2D eigenvalue weighted by Crippen LogP contribution is -2.29. The van der Waals surface area contributed by atoms with Crippen LogP contribution in [0.15, 0.2) is 12.4 Å². The number of amides is 1. The molecule has 0 fully saturated rings. The van der Waals surface area contributed by atoms with Crippen LogP contribution in [0.4, 0.5) is 0 Å². The SMILES string of the molecule is CC(C)NC(=O)c1cnn(C(C)C)c1. The zero-order chi connectivity index (χ0) is 10.7. The van der Waals surface area contributed by atoms with Gasteiger partial charge in [0.2, 0.25) is 0 Å². The monoisotopic (exact) mass is 195 g/mol. The lowest BCUT2D eigenvalue weighted by atomic mass is 10.3. The zero-order valence-electron chi connectivity index (χ0n) is 9.11. The smallest absolute Gasteiger partial charge is 0.254 e. The molecular weight excluding hydrogens is 178 g/mol. The fourth-order valence-corrected chi connectivity index (χ4v) is 1.08. The highest BCUT2D eigenvalue weighted by Crippen LogP contribution is 2.05. The standard InChI is InChI=1S/C10H17N3O/c1-7(2)12-10(14)9-5-11-13(6-9)8(3)4/h5-8H,1-4H3,(H,12,14). The lowest BCUT2D eigenvalue weighted by molar-refractivity contribution is 0.0943. The molecule has 0 atom stereocenters. The van der Waals surface area contributed by atoms with Gasteiger partial charge in [0, 0.05) is 18.3 Å². The van der Waals surface area contributed by atoms with Crippen LogP contribution >= 0.6 is 0 Å². The van der Waals surface area contributed by atoms with E-state index in [0.29, 0.717) is 5.56 Å². The minimum absolute atomic E-state index is 0.0631. The Bertz CT molecular complexity index is 315. The van der Waals surface area contributed by atoms with Crippen molar-refractivity contribution >= 4 is 5.91 Å². The topological polar surface area (TPSA) is 46.9 Å². The number of rotatable bonds is 3. The van der Waals surface area contributed by atoms with Crippen LogP contribution in [0, 0.1) is 0 Å². The number of nitrogens with zero attached hydrogens (tertiary/aromatic N) is 2. The molecule has 0 unspecified atom stereocenters. The molecule has 1 aromatic heterocycles. The largest absolute Gasteiger partial charge is 0.350 e. The summed E-state index contributed by atoms with van der Waals surface area (Å²) in [6.45, 7) is 7.92. The third-order valence-corrected chi connectivity index (χ3v) is 1.81. The van der Waals surface area contributed by atoms with Gasteiger partial charge in [0.05, 0.1) is 11.8 Å². The van der Waals surface area contributed by atoms with Crippen LogP contribution < -0.4 is 5.32 Å². The van der Waals surface area contributed by atoms with Crippen molar-refractivity contribution in [2.45, 2.75) is 39.8 Å². The molecule has 0 spiro atoms. The fraction of sp³-hybridized carbons (Fsp3) is 0.600. The minimum Gasteiger partial charge on any atom is -0.350 e. The number of nitrogens with one attached hydrogen (secondary N) is 1. The average molecular weight is 195 g/mol. The Hall–Kier alpha value is -1.32. The molecule has 1 heterocycles. The Morgan fingerprint density at radius 3 is 2.50 bits per heavy atom. The van der Waals surface area contributed by atoms with Crippen LogP contribution in [0.1, 0.15) is 44.1 Å². The molecule has 0 radical (unpaired) electrons. The Balaban J connectivity index is 2.71. The van der Waals surface area contributed by atoms with Crippen molar-refractivity contribution in [3.8, 4) is 0 Å². The summed E-state index contributed by atoms with van der Waals surface area (Å²) < 4.78 is 1.77. The number of carbonyl (C=O) groups is 1. The highest BCUT2D eigenvalue weighted by Gasteiger charge is 2.10. The number of hydrogen-bond donors (Lipinski definition) is 1. The van der Waals surface area contributed by atoms with Crippen molar-refractivity contribution in [2.24, 2.45) is 0 Å². The molecule has 0 saturated carbocycles. The van der Waals surface area contributed by atoms with Gasteiger partial charge in [-0.15, -0.1) is 0 Å². The van der Waals surface area contributed by atoms with E-state index in [1.807, 2.05) is 27.7 Å². The third kappa shape index (κ3) is 2.58. The Morgan fingerprint density at radius 1 is 1.43 bits per heavy atom. The molecule has 4 nitrogen and oxygen atoms in total. The predicted octanol–water partition coefficient (Wildman–Crippen LogP) is 1.60.